The molecule has 0 saturated heterocycles. The Labute approximate surface area is 41.4 Å². The summed E-state index contributed by atoms with van der Waals surface area (Å²) < 4.78 is 0. The molecule has 0 rings (SSSR count). The fourth-order valence-corrected chi connectivity index (χ4v) is 0. The summed E-state index contributed by atoms with van der Waals surface area (Å²) in [5, 5.41) is 0. The van der Waals surface area contributed by atoms with E-state index in [0.29, 0.717) is 0 Å². The number of hydrogen-bond donors (Lipinski definition) is 0. The molecule has 0 aliphatic rings. The van der Waals surface area contributed by atoms with Gasteiger partial charge in [-0.15, -0.1) is 0 Å². The Hall–Kier alpha value is 1.36. The zero-order valence-corrected chi connectivity index (χ0v) is 5.82. The summed E-state index contributed by atoms with van der Waals surface area (Å²) in [5.74, 6) is 0. The van der Waals surface area contributed by atoms with Crippen LogP contribution in [0.5, 0.6) is 0 Å². The van der Waals surface area contributed by atoms with E-state index in [-0.39, 0.29) is 0 Å². The van der Waals surface area contributed by atoms with E-state index in [1.54, 1.807) is 0 Å². The van der Waals surface area contributed by atoms with Crippen molar-refractivity contribution in [3.8, 4) is 0 Å². The van der Waals surface area contributed by atoms with Crippen LogP contribution in [0.2, 0.25) is 0 Å². The van der Waals surface area contributed by atoms with Gasteiger partial charge in [0.2, 0.25) is 0 Å². The molecule has 0 heterocycles. The van der Waals surface area contributed by atoms with Gasteiger partial charge >= 0.3 is 41.4 Å². The van der Waals surface area contributed by atoms with E-state index in [1.165, 1.54) is 0 Å². The van der Waals surface area contributed by atoms with E-state index in [2.05, 4.69) is 10.4 Å². The molecule has 0 atom stereocenters. The summed E-state index contributed by atoms with van der Waals surface area (Å²) in [6.07, 6.45) is 0. The first kappa shape index (κ1) is 5.36. The van der Waals surface area contributed by atoms with Crippen LogP contribution in [0.25, 0.3) is 0 Å². The monoisotopic (exact) mass is 177 g/mol. The van der Waals surface area contributed by atoms with Crippen molar-refractivity contribution >= 4 is 41.4 Å². The van der Waals surface area contributed by atoms with Crippen LogP contribution in [0.3, 0.4) is 0 Å². The Morgan fingerprint density at radius 1 is 1.50 bits per heavy atom. The van der Waals surface area contributed by atoms with E-state index in [9.17, 15) is 0 Å². The predicted octanol–water partition coefficient (Wildman–Crippen LogP) is 1.65. The minimum atomic E-state index is -1.66. The second-order valence-corrected chi connectivity index (χ2v) is 9.44. The molecule has 0 nitrogen and oxygen atoms in total. The summed E-state index contributed by atoms with van der Waals surface area (Å²) in [6, 6.07) is 0. The molecule has 0 N–H and O–H groups in total. The summed E-state index contributed by atoms with van der Waals surface area (Å²) >= 11 is -1.66. The van der Waals surface area contributed by atoms with Crippen LogP contribution < -0.4 is 0 Å². The van der Waals surface area contributed by atoms with Crippen LogP contribution in [0.1, 0.15) is 0 Å². The second kappa shape index (κ2) is 2.59. The van der Waals surface area contributed by atoms with E-state index >= 15 is 0 Å². The number of rotatable bonds is 0. The normalized spacial score (nSPS) is 6.50. The van der Waals surface area contributed by atoms with Gasteiger partial charge in [-0.1, -0.05) is 0 Å². The third-order valence-electron chi connectivity index (χ3n) is 0. The van der Waals surface area contributed by atoms with Crippen LogP contribution in [-0.2, 0) is 0 Å². The van der Waals surface area contributed by atoms with Gasteiger partial charge in [0.1, 0.15) is 0 Å². The van der Waals surface area contributed by atoms with Gasteiger partial charge in [0.25, 0.3) is 0 Å². The first-order chi connectivity index (χ1) is 1.73. The van der Waals surface area contributed by atoms with Gasteiger partial charge in [-0.2, -0.15) is 0 Å². The molecular weight excluding hydrogens is 178 g/mol. The molecular formula is AsCl2S. The number of hydrogen-bond acceptors (Lipinski definition) is 1. The van der Waals surface area contributed by atoms with E-state index < -0.39 is 11.1 Å². The minimum absolute atomic E-state index is 1.66. The van der Waals surface area contributed by atoms with Crippen LogP contribution in [-0.4, -0.2) is 11.1 Å². The van der Waals surface area contributed by atoms with Gasteiger partial charge < -0.3 is 0 Å². The third-order valence-corrected chi connectivity index (χ3v) is 0. The Morgan fingerprint density at radius 2 is 1.50 bits per heavy atom. The molecule has 4 heavy (non-hydrogen) atoms. The van der Waals surface area contributed by atoms with Crippen LogP contribution >= 0.6 is 30.3 Å². The molecule has 0 aromatic rings. The Bertz CT molecular complexity index is 29.0. The maximum atomic E-state index is 5.00. The molecule has 0 unspecified atom stereocenters. The number of halogens is 2. The molecule has 0 saturated carbocycles. The fourth-order valence-electron chi connectivity index (χ4n) is 0. The van der Waals surface area contributed by atoms with Crippen LogP contribution in [0.15, 0.2) is 0 Å². The topological polar surface area (TPSA) is 0 Å². The molecule has 0 aliphatic heterocycles. The van der Waals surface area contributed by atoms with Crippen molar-refractivity contribution < 1.29 is 0 Å². The summed E-state index contributed by atoms with van der Waals surface area (Å²) in [6.45, 7) is 0. The summed E-state index contributed by atoms with van der Waals surface area (Å²) in [7, 11) is 14.3. The van der Waals surface area contributed by atoms with Crippen molar-refractivity contribution in [3.05, 3.63) is 0 Å². The van der Waals surface area contributed by atoms with Crippen molar-refractivity contribution in [2.45, 2.75) is 0 Å². The standard InChI is InChI=1S/AsCl2S/c2-1(3)4. The van der Waals surface area contributed by atoms with Gasteiger partial charge in [0.05, 0.1) is 0 Å². The van der Waals surface area contributed by atoms with Crippen molar-refractivity contribution in [1.82, 2.24) is 0 Å². The molecule has 0 bridgehead atoms. The predicted molar refractivity (Wildman–Crippen MR) is 25.1 cm³/mol. The molecule has 0 amide bonds. The van der Waals surface area contributed by atoms with E-state index in [4.69, 9.17) is 19.9 Å². The fraction of sp³-hybridized carbons (Fsp3) is 0. The zero-order valence-electron chi connectivity index (χ0n) is 1.61. The second-order valence-electron chi connectivity index (χ2n) is 0.202. The molecule has 0 fully saturated rings. The molecule has 4 heteroatoms. The van der Waals surface area contributed by atoms with Gasteiger partial charge in [0.15, 0.2) is 0 Å². The van der Waals surface area contributed by atoms with Gasteiger partial charge in [0, 0.05) is 0 Å². The van der Waals surface area contributed by atoms with Gasteiger partial charge in [-0.05, 0) is 0 Å². The quantitative estimate of drug-likeness (QED) is 0.508. The molecule has 1 radical (unpaired) electrons. The van der Waals surface area contributed by atoms with Crippen molar-refractivity contribution in [2.75, 3.05) is 0 Å². The van der Waals surface area contributed by atoms with Crippen LogP contribution in [0, 0.1) is 0 Å². The van der Waals surface area contributed by atoms with Crippen molar-refractivity contribution in [1.29, 1.82) is 0 Å². The zero-order chi connectivity index (χ0) is 3.58. The molecule has 25 valence electrons. The van der Waals surface area contributed by atoms with Crippen molar-refractivity contribution in [3.63, 3.8) is 0 Å². The Kier molecular flexibility index (Phi) is 3.47. The summed E-state index contributed by atoms with van der Waals surface area (Å²) in [4.78, 5) is 0. The van der Waals surface area contributed by atoms with Gasteiger partial charge in [-0.25, -0.2) is 0 Å². The van der Waals surface area contributed by atoms with Crippen molar-refractivity contribution in [2.24, 2.45) is 0 Å². The first-order valence-electron chi connectivity index (χ1n) is 0.521. The average Bonchev–Trinajstić information content (AvgIpc) is 0.811. The van der Waals surface area contributed by atoms with Crippen LogP contribution in [0.4, 0.5) is 0 Å². The SMILES string of the molecule is S=[As](Cl)Cl. The molecule has 0 spiro atoms. The average molecular weight is 178 g/mol. The molecule has 0 aliphatic carbocycles. The van der Waals surface area contributed by atoms with Gasteiger partial charge in [-0.3, -0.25) is 0 Å². The Balaban J connectivity index is 2.80. The maximum absolute atomic E-state index is 5.00. The summed E-state index contributed by atoms with van der Waals surface area (Å²) in [5.41, 5.74) is 0. The first-order valence-corrected chi connectivity index (χ1v) is 8.12. The molecule has 0 aromatic carbocycles. The van der Waals surface area contributed by atoms with E-state index in [0.717, 1.165) is 0 Å². The third kappa shape index (κ3) is 10.1. The van der Waals surface area contributed by atoms with E-state index in [1.807, 2.05) is 0 Å². The molecule has 0 aromatic heterocycles. The Morgan fingerprint density at radius 3 is 1.50 bits per heavy atom.